The van der Waals surface area contributed by atoms with Crippen LogP contribution in [-0.4, -0.2) is 31.1 Å². The molecule has 0 saturated heterocycles. The van der Waals surface area contributed by atoms with E-state index in [1.165, 1.54) is 4.31 Å². The molecule has 0 amide bonds. The molecule has 0 fully saturated rings. The molecule has 0 spiro atoms. The van der Waals surface area contributed by atoms with Gasteiger partial charge in [0.15, 0.2) is 0 Å². The van der Waals surface area contributed by atoms with Crippen LogP contribution in [0.15, 0.2) is 31.8 Å². The highest BCUT2D eigenvalue weighted by atomic mass is 79.9. The van der Waals surface area contributed by atoms with E-state index in [2.05, 4.69) is 24.7 Å². The zero-order valence-electron chi connectivity index (χ0n) is 9.71. The number of fused-ring (bicyclic) bond motifs is 1. The van der Waals surface area contributed by atoms with E-state index >= 15 is 0 Å². The topological polar surface area (TPSA) is 62.1 Å². The first-order valence-electron chi connectivity index (χ1n) is 5.38. The van der Waals surface area contributed by atoms with Gasteiger partial charge >= 0.3 is 0 Å². The number of alkyl halides is 1. The molecule has 5 nitrogen and oxygen atoms in total. The van der Waals surface area contributed by atoms with E-state index in [1.807, 2.05) is 6.92 Å². The fourth-order valence-corrected chi connectivity index (χ4v) is 4.54. The Morgan fingerprint density at radius 2 is 2.17 bits per heavy atom. The number of hydrogen-bond donors (Lipinski definition) is 0. The van der Waals surface area contributed by atoms with E-state index in [0.29, 0.717) is 29.8 Å². The minimum atomic E-state index is -3.50. The van der Waals surface area contributed by atoms with Gasteiger partial charge in [-0.15, -0.1) is 0 Å². The van der Waals surface area contributed by atoms with Gasteiger partial charge in [-0.2, -0.15) is 13.0 Å². The van der Waals surface area contributed by atoms with Crippen LogP contribution < -0.4 is 0 Å². The number of halogens is 1. The molecule has 0 atom stereocenters. The van der Waals surface area contributed by atoms with Gasteiger partial charge in [0.25, 0.3) is 0 Å². The molecule has 0 aromatic heterocycles. The molecule has 1 aromatic carbocycles. The summed E-state index contributed by atoms with van der Waals surface area (Å²) in [6, 6.07) is 5.03. The summed E-state index contributed by atoms with van der Waals surface area (Å²) < 4.78 is 34.6. The summed E-state index contributed by atoms with van der Waals surface area (Å²) in [6.45, 7) is 2.69. The number of benzene rings is 1. The van der Waals surface area contributed by atoms with Gasteiger partial charge < -0.3 is 0 Å². The summed E-state index contributed by atoms with van der Waals surface area (Å²) in [5.41, 5.74) is 1.08. The van der Waals surface area contributed by atoms with Crippen LogP contribution in [0.5, 0.6) is 0 Å². The Kier molecular flexibility index (Phi) is 4.31. The average molecular weight is 350 g/mol. The minimum absolute atomic E-state index is 0.233. The van der Waals surface area contributed by atoms with Crippen LogP contribution in [0.1, 0.15) is 6.92 Å². The Labute approximate surface area is 118 Å². The predicted octanol–water partition coefficient (Wildman–Crippen LogP) is 2.82. The molecule has 0 N–H and O–H groups in total. The standard InChI is InChI=1S/C10H12BrN3O2S2/c1-2-14(7-6-11)18(15,16)9-5-3-4-8-10(9)13-17-12-8/h3-5H,2,6-7H2,1H3. The van der Waals surface area contributed by atoms with E-state index in [9.17, 15) is 8.42 Å². The molecular formula is C10H12BrN3O2S2. The Balaban J connectivity index is 2.49. The second kappa shape index (κ2) is 5.60. The number of rotatable bonds is 5. The second-order valence-electron chi connectivity index (χ2n) is 3.57. The van der Waals surface area contributed by atoms with Gasteiger partial charge in [-0.3, -0.25) is 0 Å². The van der Waals surface area contributed by atoms with Crippen molar-refractivity contribution in [2.24, 2.45) is 8.73 Å². The van der Waals surface area contributed by atoms with Crippen molar-refractivity contribution in [1.29, 1.82) is 0 Å². The minimum Gasteiger partial charge on any atom is -0.207 e. The van der Waals surface area contributed by atoms with Crippen LogP contribution in [0.4, 0.5) is 11.4 Å². The van der Waals surface area contributed by atoms with E-state index < -0.39 is 10.0 Å². The van der Waals surface area contributed by atoms with Crippen LogP contribution in [0, 0.1) is 0 Å². The van der Waals surface area contributed by atoms with Gasteiger partial charge in [0.2, 0.25) is 10.0 Å². The van der Waals surface area contributed by atoms with Gasteiger partial charge in [-0.1, -0.05) is 28.9 Å². The maximum absolute atomic E-state index is 12.5. The SMILES string of the molecule is CCN(CCBr)S(=O)(=O)c1cccc2c1N=S=N2. The van der Waals surface area contributed by atoms with Gasteiger partial charge in [-0.05, 0) is 12.1 Å². The second-order valence-corrected chi connectivity index (χ2v) is 6.80. The zero-order valence-corrected chi connectivity index (χ0v) is 12.9. The lowest BCUT2D eigenvalue weighted by Crippen LogP contribution is -2.32. The molecule has 18 heavy (non-hydrogen) atoms. The van der Waals surface area contributed by atoms with Crippen LogP contribution in [0.3, 0.4) is 0 Å². The maximum Gasteiger partial charge on any atom is 0.245 e. The monoisotopic (exact) mass is 349 g/mol. The van der Waals surface area contributed by atoms with Crippen molar-refractivity contribution in [2.75, 3.05) is 18.4 Å². The average Bonchev–Trinajstić information content (AvgIpc) is 2.83. The smallest absolute Gasteiger partial charge is 0.207 e. The molecule has 0 unspecified atom stereocenters. The number of hydrogen-bond acceptors (Lipinski definition) is 4. The third-order valence-corrected chi connectivity index (χ3v) is 5.46. The Bertz CT molecular complexity index is 624. The van der Waals surface area contributed by atoms with Crippen LogP contribution in [-0.2, 0) is 21.4 Å². The summed E-state index contributed by atoms with van der Waals surface area (Å²) in [5.74, 6) is 0. The van der Waals surface area contributed by atoms with Crippen molar-refractivity contribution in [3.05, 3.63) is 18.2 Å². The van der Waals surface area contributed by atoms with Gasteiger partial charge in [0, 0.05) is 18.4 Å². The zero-order chi connectivity index (χ0) is 13.2. The first-order valence-corrected chi connectivity index (χ1v) is 8.68. The highest BCUT2D eigenvalue weighted by Gasteiger charge is 2.27. The normalized spacial score (nSPS) is 13.7. The van der Waals surface area contributed by atoms with Gasteiger partial charge in [-0.25, -0.2) is 8.42 Å². The number of sulfonamides is 1. The Morgan fingerprint density at radius 1 is 1.39 bits per heavy atom. The number of nitrogens with zero attached hydrogens (tertiary/aromatic N) is 3. The van der Waals surface area contributed by atoms with E-state index in [4.69, 9.17) is 0 Å². The molecule has 0 radical (unpaired) electrons. The lowest BCUT2D eigenvalue weighted by atomic mass is 10.3. The lowest BCUT2D eigenvalue weighted by Gasteiger charge is -2.20. The first kappa shape index (κ1) is 13.9. The van der Waals surface area contributed by atoms with Crippen LogP contribution in [0.25, 0.3) is 0 Å². The molecular weight excluding hydrogens is 338 g/mol. The molecule has 0 bridgehead atoms. The summed E-state index contributed by atoms with van der Waals surface area (Å²) >= 11 is 4.29. The first-order chi connectivity index (χ1) is 8.61. The quantitative estimate of drug-likeness (QED) is 0.779. The van der Waals surface area contributed by atoms with Crippen molar-refractivity contribution in [3.8, 4) is 0 Å². The molecule has 0 saturated carbocycles. The van der Waals surface area contributed by atoms with Crippen molar-refractivity contribution < 1.29 is 8.42 Å². The van der Waals surface area contributed by atoms with Crippen molar-refractivity contribution in [1.82, 2.24) is 4.31 Å². The maximum atomic E-state index is 12.5. The van der Waals surface area contributed by atoms with Crippen LogP contribution in [0.2, 0.25) is 0 Å². The van der Waals surface area contributed by atoms with E-state index in [-0.39, 0.29) is 4.90 Å². The summed E-state index contributed by atoms with van der Waals surface area (Å²) in [7, 11) is -3.50. The van der Waals surface area contributed by atoms with Crippen LogP contribution >= 0.6 is 15.9 Å². The summed E-state index contributed by atoms with van der Waals surface area (Å²) in [6.07, 6.45) is 0. The van der Waals surface area contributed by atoms with Crippen molar-refractivity contribution in [2.45, 2.75) is 11.8 Å². The van der Waals surface area contributed by atoms with Gasteiger partial charge in [0.05, 0.1) is 11.4 Å². The molecule has 1 aromatic rings. The molecule has 1 heterocycles. The van der Waals surface area contributed by atoms with E-state index in [1.54, 1.807) is 18.2 Å². The van der Waals surface area contributed by atoms with Crippen molar-refractivity contribution >= 4 is 48.7 Å². The third kappa shape index (κ3) is 2.42. The Hall–Kier alpha value is -0.570. The fourth-order valence-electron chi connectivity index (χ4n) is 1.67. The summed E-state index contributed by atoms with van der Waals surface area (Å²) in [5, 5.41) is 0.603. The Morgan fingerprint density at radius 3 is 2.83 bits per heavy atom. The molecule has 2 rings (SSSR count). The van der Waals surface area contributed by atoms with Crippen molar-refractivity contribution in [3.63, 3.8) is 0 Å². The largest absolute Gasteiger partial charge is 0.245 e. The highest BCUT2D eigenvalue weighted by molar-refractivity contribution is 9.09. The lowest BCUT2D eigenvalue weighted by molar-refractivity contribution is 0.448. The van der Waals surface area contributed by atoms with E-state index in [0.717, 1.165) is 11.4 Å². The molecule has 8 heteroatoms. The van der Waals surface area contributed by atoms with Gasteiger partial charge in [0.1, 0.15) is 16.3 Å². The third-order valence-electron chi connectivity index (χ3n) is 2.55. The fraction of sp³-hybridized carbons (Fsp3) is 0.400. The molecule has 98 valence electrons. The molecule has 1 aliphatic heterocycles. The molecule has 0 aliphatic carbocycles. The summed E-state index contributed by atoms with van der Waals surface area (Å²) in [4.78, 5) is 0.233. The molecule has 1 aliphatic rings. The predicted molar refractivity (Wildman–Crippen MR) is 76.2 cm³/mol. The highest BCUT2D eigenvalue weighted by Crippen LogP contribution is 2.38.